The summed E-state index contributed by atoms with van der Waals surface area (Å²) < 4.78 is 10.6. The molecule has 1 saturated heterocycles. The Morgan fingerprint density at radius 2 is 2.11 bits per heavy atom. The summed E-state index contributed by atoms with van der Waals surface area (Å²) in [5, 5.41) is 10.4. The van der Waals surface area contributed by atoms with Crippen molar-refractivity contribution >= 4 is 11.6 Å². The van der Waals surface area contributed by atoms with Gasteiger partial charge < -0.3 is 20.3 Å². The van der Waals surface area contributed by atoms with Gasteiger partial charge in [-0.15, -0.1) is 0 Å². The van der Waals surface area contributed by atoms with Gasteiger partial charge in [0.15, 0.2) is 0 Å². The summed E-state index contributed by atoms with van der Waals surface area (Å²) in [5.41, 5.74) is 6.86. The van der Waals surface area contributed by atoms with Crippen molar-refractivity contribution in [2.75, 3.05) is 20.3 Å². The summed E-state index contributed by atoms with van der Waals surface area (Å²) in [7, 11) is 1.56. The number of rotatable bonds is 3. The maximum Gasteiger partial charge on any atom is 0.142 e. The van der Waals surface area contributed by atoms with Crippen molar-refractivity contribution in [2.24, 2.45) is 11.7 Å². The molecule has 1 atom stereocenters. The largest absolute Gasteiger partial charge is 0.506 e. The Hall–Kier alpha value is -0.970. The van der Waals surface area contributed by atoms with Gasteiger partial charge in [0.1, 0.15) is 11.5 Å². The third-order valence-corrected chi connectivity index (χ3v) is 3.76. The van der Waals surface area contributed by atoms with E-state index in [0.717, 1.165) is 12.8 Å². The van der Waals surface area contributed by atoms with Gasteiger partial charge in [0.25, 0.3) is 0 Å². The van der Waals surface area contributed by atoms with E-state index in [1.54, 1.807) is 19.2 Å². The SMILES string of the molecule is COc1ccc(Cl)c(O)c1[C@@H](N)C1CCOCC1. The van der Waals surface area contributed by atoms with Crippen molar-refractivity contribution in [3.05, 3.63) is 22.7 Å². The van der Waals surface area contributed by atoms with Crippen molar-refractivity contribution in [3.63, 3.8) is 0 Å². The predicted octanol–water partition coefficient (Wildman–Crippen LogP) is 2.48. The standard InChI is InChI=1S/C13H18ClNO3/c1-17-10-3-2-9(14)13(16)11(10)12(15)8-4-6-18-7-5-8/h2-3,8,12,16H,4-7,15H2,1H3/t12-/m0/s1. The lowest BCUT2D eigenvalue weighted by atomic mass is 9.87. The van der Waals surface area contributed by atoms with Gasteiger partial charge in [0.2, 0.25) is 0 Å². The highest BCUT2D eigenvalue weighted by molar-refractivity contribution is 6.32. The Morgan fingerprint density at radius 3 is 2.72 bits per heavy atom. The van der Waals surface area contributed by atoms with E-state index >= 15 is 0 Å². The molecule has 5 heteroatoms. The molecular formula is C13H18ClNO3. The maximum atomic E-state index is 10.1. The zero-order valence-electron chi connectivity index (χ0n) is 10.4. The fourth-order valence-corrected chi connectivity index (χ4v) is 2.54. The number of phenolic OH excluding ortho intramolecular Hbond substituents is 1. The number of aromatic hydroxyl groups is 1. The van der Waals surface area contributed by atoms with E-state index in [9.17, 15) is 5.11 Å². The molecule has 0 saturated carbocycles. The number of nitrogens with two attached hydrogens (primary N) is 1. The summed E-state index contributed by atoms with van der Waals surface area (Å²) >= 11 is 5.94. The third kappa shape index (κ3) is 2.55. The summed E-state index contributed by atoms with van der Waals surface area (Å²) in [5.74, 6) is 0.878. The van der Waals surface area contributed by atoms with Crippen LogP contribution in [0.15, 0.2) is 12.1 Å². The van der Waals surface area contributed by atoms with Crippen molar-refractivity contribution in [1.29, 1.82) is 0 Å². The first-order valence-electron chi connectivity index (χ1n) is 6.03. The van der Waals surface area contributed by atoms with Gasteiger partial charge in [0.05, 0.1) is 17.7 Å². The fraction of sp³-hybridized carbons (Fsp3) is 0.538. The molecule has 2 rings (SSSR count). The maximum absolute atomic E-state index is 10.1. The van der Waals surface area contributed by atoms with E-state index in [-0.39, 0.29) is 17.7 Å². The Morgan fingerprint density at radius 1 is 1.44 bits per heavy atom. The van der Waals surface area contributed by atoms with Gasteiger partial charge in [-0.3, -0.25) is 0 Å². The molecule has 0 bridgehead atoms. The quantitative estimate of drug-likeness (QED) is 0.886. The van der Waals surface area contributed by atoms with E-state index in [2.05, 4.69) is 0 Å². The second kappa shape index (κ2) is 5.78. The molecule has 0 amide bonds. The molecule has 3 N–H and O–H groups in total. The number of methoxy groups -OCH3 is 1. The van der Waals surface area contributed by atoms with Crippen molar-refractivity contribution < 1.29 is 14.6 Å². The van der Waals surface area contributed by atoms with Crippen molar-refractivity contribution in [2.45, 2.75) is 18.9 Å². The molecule has 1 aliphatic heterocycles. The van der Waals surface area contributed by atoms with Gasteiger partial charge in [-0.25, -0.2) is 0 Å². The van der Waals surface area contributed by atoms with E-state index in [4.69, 9.17) is 26.8 Å². The van der Waals surface area contributed by atoms with Crippen LogP contribution in [0.2, 0.25) is 5.02 Å². The second-order valence-electron chi connectivity index (χ2n) is 4.49. The molecule has 4 nitrogen and oxygen atoms in total. The first-order valence-corrected chi connectivity index (χ1v) is 6.41. The first-order chi connectivity index (χ1) is 8.65. The predicted molar refractivity (Wildman–Crippen MR) is 70.1 cm³/mol. The van der Waals surface area contributed by atoms with Crippen LogP contribution in [0.4, 0.5) is 0 Å². The zero-order valence-corrected chi connectivity index (χ0v) is 11.1. The van der Waals surface area contributed by atoms with Gasteiger partial charge in [-0.05, 0) is 30.9 Å². The average Bonchev–Trinajstić information content (AvgIpc) is 2.42. The number of hydrogen-bond donors (Lipinski definition) is 2. The lowest BCUT2D eigenvalue weighted by Crippen LogP contribution is -2.27. The Kier molecular flexibility index (Phi) is 4.32. The Balaban J connectivity index is 2.32. The zero-order chi connectivity index (χ0) is 13.1. The minimum Gasteiger partial charge on any atom is -0.506 e. The van der Waals surface area contributed by atoms with Gasteiger partial charge >= 0.3 is 0 Å². The lowest BCUT2D eigenvalue weighted by molar-refractivity contribution is 0.0578. The van der Waals surface area contributed by atoms with Crippen LogP contribution in [0.3, 0.4) is 0 Å². The molecule has 0 aliphatic carbocycles. The van der Waals surface area contributed by atoms with E-state index < -0.39 is 0 Å². The number of benzene rings is 1. The van der Waals surface area contributed by atoms with Crippen LogP contribution >= 0.6 is 11.6 Å². The number of hydrogen-bond acceptors (Lipinski definition) is 4. The van der Waals surface area contributed by atoms with Gasteiger partial charge in [-0.2, -0.15) is 0 Å². The molecule has 1 aromatic carbocycles. The smallest absolute Gasteiger partial charge is 0.142 e. The molecule has 0 radical (unpaired) electrons. The van der Waals surface area contributed by atoms with E-state index in [1.165, 1.54) is 0 Å². The first kappa shape index (κ1) is 13.5. The summed E-state index contributed by atoms with van der Waals surface area (Å²) in [4.78, 5) is 0. The van der Waals surface area contributed by atoms with Crippen LogP contribution in [-0.4, -0.2) is 25.4 Å². The normalized spacial score (nSPS) is 18.6. The molecule has 1 aromatic rings. The average molecular weight is 272 g/mol. The van der Waals surface area contributed by atoms with E-state index in [1.807, 2.05) is 0 Å². The molecule has 0 aromatic heterocycles. The van der Waals surface area contributed by atoms with Crippen LogP contribution < -0.4 is 10.5 Å². The summed E-state index contributed by atoms with van der Waals surface area (Å²) in [6.45, 7) is 1.42. The number of ether oxygens (including phenoxy) is 2. The number of halogens is 1. The van der Waals surface area contributed by atoms with E-state index in [0.29, 0.717) is 29.5 Å². The highest BCUT2D eigenvalue weighted by Gasteiger charge is 2.27. The van der Waals surface area contributed by atoms with Crippen LogP contribution in [0.5, 0.6) is 11.5 Å². The van der Waals surface area contributed by atoms with Crippen LogP contribution in [0, 0.1) is 5.92 Å². The Bertz CT molecular complexity index is 419. The van der Waals surface area contributed by atoms with Crippen LogP contribution in [-0.2, 0) is 4.74 Å². The Labute approximate surface area is 112 Å². The number of phenols is 1. The van der Waals surface area contributed by atoms with Crippen LogP contribution in [0.25, 0.3) is 0 Å². The van der Waals surface area contributed by atoms with Gasteiger partial charge in [0, 0.05) is 19.3 Å². The van der Waals surface area contributed by atoms with Gasteiger partial charge in [-0.1, -0.05) is 11.6 Å². The second-order valence-corrected chi connectivity index (χ2v) is 4.89. The minimum atomic E-state index is -0.289. The molecule has 0 spiro atoms. The third-order valence-electron chi connectivity index (χ3n) is 3.45. The molecule has 1 heterocycles. The monoisotopic (exact) mass is 271 g/mol. The highest BCUT2D eigenvalue weighted by Crippen LogP contribution is 2.42. The van der Waals surface area contributed by atoms with Crippen LogP contribution in [0.1, 0.15) is 24.4 Å². The lowest BCUT2D eigenvalue weighted by Gasteiger charge is -2.29. The van der Waals surface area contributed by atoms with Crippen molar-refractivity contribution in [1.82, 2.24) is 0 Å². The molecule has 1 fully saturated rings. The fourth-order valence-electron chi connectivity index (χ4n) is 2.37. The molecule has 18 heavy (non-hydrogen) atoms. The molecule has 1 aliphatic rings. The molecule has 0 unspecified atom stereocenters. The minimum absolute atomic E-state index is 0.0232. The summed E-state index contributed by atoms with van der Waals surface area (Å²) in [6.07, 6.45) is 1.77. The topological polar surface area (TPSA) is 64.7 Å². The molecule has 100 valence electrons. The molecular weight excluding hydrogens is 254 g/mol. The van der Waals surface area contributed by atoms with Crippen molar-refractivity contribution in [3.8, 4) is 11.5 Å². The summed E-state index contributed by atoms with van der Waals surface area (Å²) in [6, 6.07) is 3.05. The highest BCUT2D eigenvalue weighted by atomic mass is 35.5.